The third-order valence-corrected chi connectivity index (χ3v) is 4.39. The Morgan fingerprint density at radius 2 is 2.07 bits per heavy atom. The molecular weight excluding hydrogens is 343 g/mol. The fraction of sp³-hybridized carbons (Fsp3) is 0.600. The second-order valence-electron chi connectivity index (χ2n) is 3.42. The van der Waals surface area contributed by atoms with Crippen molar-refractivity contribution in [3.05, 3.63) is 20.2 Å². The zero-order valence-corrected chi connectivity index (χ0v) is 12.8. The molecular formula is C10H14ClIN2S. The summed E-state index contributed by atoms with van der Waals surface area (Å²) in [5.41, 5.74) is 1.06. The molecule has 0 bridgehead atoms. The van der Waals surface area contributed by atoms with E-state index in [1.165, 1.54) is 0 Å². The number of thioether (sulfide) groups is 1. The van der Waals surface area contributed by atoms with Crippen LogP contribution < -0.4 is 0 Å². The predicted molar refractivity (Wildman–Crippen MR) is 75.7 cm³/mol. The first-order valence-electron chi connectivity index (χ1n) is 4.85. The standard InChI is InChI=1S/C10H14ClIN2S/c1-4-15-5-7-13-9(6(2)3)8(12)10(11)14-7/h6H,4-5H2,1-3H3. The van der Waals surface area contributed by atoms with Crippen molar-refractivity contribution in [1.82, 2.24) is 9.97 Å². The lowest BCUT2D eigenvalue weighted by Crippen LogP contribution is -2.04. The highest BCUT2D eigenvalue weighted by atomic mass is 127. The Labute approximate surface area is 114 Å². The van der Waals surface area contributed by atoms with Crippen molar-refractivity contribution in [3.63, 3.8) is 0 Å². The first-order chi connectivity index (χ1) is 7.06. The van der Waals surface area contributed by atoms with Gasteiger partial charge < -0.3 is 0 Å². The molecule has 0 radical (unpaired) electrons. The van der Waals surface area contributed by atoms with E-state index in [2.05, 4.69) is 53.3 Å². The molecule has 0 N–H and O–H groups in total. The van der Waals surface area contributed by atoms with Crippen molar-refractivity contribution in [3.8, 4) is 0 Å². The SMILES string of the molecule is CCSCc1nc(Cl)c(I)c(C(C)C)n1. The van der Waals surface area contributed by atoms with Crippen LogP contribution in [0.5, 0.6) is 0 Å². The van der Waals surface area contributed by atoms with Crippen LogP contribution in [0.3, 0.4) is 0 Å². The second kappa shape index (κ2) is 6.25. The number of hydrogen-bond donors (Lipinski definition) is 0. The molecule has 0 saturated carbocycles. The number of rotatable bonds is 4. The average molecular weight is 357 g/mol. The van der Waals surface area contributed by atoms with Crippen molar-refractivity contribution < 1.29 is 0 Å². The van der Waals surface area contributed by atoms with Gasteiger partial charge in [0, 0.05) is 0 Å². The summed E-state index contributed by atoms with van der Waals surface area (Å²) < 4.78 is 0.981. The van der Waals surface area contributed by atoms with Gasteiger partial charge in [0.1, 0.15) is 11.0 Å². The lowest BCUT2D eigenvalue weighted by atomic mass is 10.1. The molecule has 0 fully saturated rings. The molecule has 15 heavy (non-hydrogen) atoms. The maximum Gasteiger partial charge on any atom is 0.146 e. The van der Waals surface area contributed by atoms with Crippen molar-refractivity contribution in [2.75, 3.05) is 5.75 Å². The molecule has 1 rings (SSSR count). The van der Waals surface area contributed by atoms with E-state index in [0.717, 1.165) is 26.6 Å². The van der Waals surface area contributed by atoms with Crippen LogP contribution in [0.1, 0.15) is 38.2 Å². The van der Waals surface area contributed by atoms with Gasteiger partial charge in [-0.2, -0.15) is 11.8 Å². The summed E-state index contributed by atoms with van der Waals surface area (Å²) in [5, 5.41) is 0.584. The predicted octanol–water partition coefficient (Wildman–Crippen LogP) is 4.11. The van der Waals surface area contributed by atoms with Crippen LogP contribution in [-0.4, -0.2) is 15.7 Å². The highest BCUT2D eigenvalue weighted by Crippen LogP contribution is 2.25. The molecule has 2 nitrogen and oxygen atoms in total. The maximum atomic E-state index is 6.07. The molecule has 84 valence electrons. The van der Waals surface area contributed by atoms with E-state index >= 15 is 0 Å². The molecule has 1 aromatic rings. The van der Waals surface area contributed by atoms with Gasteiger partial charge >= 0.3 is 0 Å². The van der Waals surface area contributed by atoms with Crippen LogP contribution in [0.4, 0.5) is 0 Å². The van der Waals surface area contributed by atoms with Crippen LogP contribution in [0.25, 0.3) is 0 Å². The monoisotopic (exact) mass is 356 g/mol. The van der Waals surface area contributed by atoms with E-state index in [9.17, 15) is 0 Å². The van der Waals surface area contributed by atoms with Crippen LogP contribution in [0.15, 0.2) is 0 Å². The average Bonchev–Trinajstić information content (AvgIpc) is 2.19. The van der Waals surface area contributed by atoms with E-state index in [4.69, 9.17) is 11.6 Å². The molecule has 5 heteroatoms. The Balaban J connectivity index is 3.00. The molecule has 0 saturated heterocycles. The lowest BCUT2D eigenvalue weighted by Gasteiger charge is -2.10. The van der Waals surface area contributed by atoms with Gasteiger partial charge in [0.05, 0.1) is 15.0 Å². The number of nitrogens with zero attached hydrogens (tertiary/aromatic N) is 2. The van der Waals surface area contributed by atoms with Gasteiger partial charge in [-0.15, -0.1) is 0 Å². The highest BCUT2D eigenvalue weighted by Gasteiger charge is 2.13. The Kier molecular flexibility index (Phi) is 5.63. The molecule has 0 aromatic carbocycles. The van der Waals surface area contributed by atoms with Crippen LogP contribution in [-0.2, 0) is 5.75 Å². The molecule has 0 spiro atoms. The number of hydrogen-bond acceptors (Lipinski definition) is 3. The first kappa shape index (κ1) is 13.5. The molecule has 1 aromatic heterocycles. The minimum Gasteiger partial charge on any atom is -0.236 e. The van der Waals surface area contributed by atoms with Gasteiger partial charge in [0.2, 0.25) is 0 Å². The fourth-order valence-corrected chi connectivity index (χ4v) is 2.70. The Morgan fingerprint density at radius 1 is 1.40 bits per heavy atom. The summed E-state index contributed by atoms with van der Waals surface area (Å²) in [7, 11) is 0. The summed E-state index contributed by atoms with van der Waals surface area (Å²) in [4.78, 5) is 8.83. The minimum absolute atomic E-state index is 0.391. The highest BCUT2D eigenvalue weighted by molar-refractivity contribution is 14.1. The first-order valence-corrected chi connectivity index (χ1v) is 7.47. The quantitative estimate of drug-likeness (QED) is 0.600. The summed E-state index contributed by atoms with van der Waals surface area (Å²) in [6, 6.07) is 0. The minimum atomic E-state index is 0.391. The van der Waals surface area contributed by atoms with Crippen LogP contribution in [0, 0.1) is 3.57 Å². The Hall–Kier alpha value is 0.450. The van der Waals surface area contributed by atoms with Crippen LogP contribution in [0.2, 0.25) is 5.15 Å². The topological polar surface area (TPSA) is 25.8 Å². The zero-order valence-electron chi connectivity index (χ0n) is 9.05. The van der Waals surface area contributed by atoms with E-state index in [-0.39, 0.29) is 0 Å². The summed E-state index contributed by atoms with van der Waals surface area (Å²) >= 11 is 10.1. The molecule has 1 heterocycles. The summed E-state index contributed by atoms with van der Waals surface area (Å²) in [6.45, 7) is 6.37. The third-order valence-electron chi connectivity index (χ3n) is 1.86. The van der Waals surface area contributed by atoms with E-state index in [1.54, 1.807) is 0 Å². The van der Waals surface area contributed by atoms with Crippen molar-refractivity contribution in [2.24, 2.45) is 0 Å². The second-order valence-corrected chi connectivity index (χ2v) is 6.13. The fourth-order valence-electron chi connectivity index (χ4n) is 1.12. The van der Waals surface area contributed by atoms with Crippen molar-refractivity contribution >= 4 is 46.0 Å². The van der Waals surface area contributed by atoms with Gasteiger partial charge in [-0.3, -0.25) is 0 Å². The van der Waals surface area contributed by atoms with E-state index in [1.807, 2.05) is 11.8 Å². The van der Waals surface area contributed by atoms with Gasteiger partial charge in [-0.05, 0) is 34.3 Å². The lowest BCUT2D eigenvalue weighted by molar-refractivity contribution is 0.790. The zero-order chi connectivity index (χ0) is 11.4. The van der Waals surface area contributed by atoms with Gasteiger partial charge in [-0.1, -0.05) is 32.4 Å². The van der Waals surface area contributed by atoms with Crippen molar-refractivity contribution in [2.45, 2.75) is 32.4 Å². The Morgan fingerprint density at radius 3 is 2.60 bits per heavy atom. The molecule has 0 aliphatic rings. The van der Waals surface area contributed by atoms with Gasteiger partial charge in [0.15, 0.2) is 0 Å². The summed E-state index contributed by atoms with van der Waals surface area (Å²) in [5.74, 6) is 3.15. The number of aromatic nitrogens is 2. The van der Waals surface area contributed by atoms with Gasteiger partial charge in [-0.25, -0.2) is 9.97 Å². The van der Waals surface area contributed by atoms with Crippen molar-refractivity contribution in [1.29, 1.82) is 0 Å². The molecule has 0 amide bonds. The molecule has 0 aliphatic heterocycles. The Bertz CT molecular complexity index is 344. The largest absolute Gasteiger partial charge is 0.236 e. The van der Waals surface area contributed by atoms with E-state index < -0.39 is 0 Å². The van der Waals surface area contributed by atoms with Gasteiger partial charge in [0.25, 0.3) is 0 Å². The smallest absolute Gasteiger partial charge is 0.146 e. The van der Waals surface area contributed by atoms with Crippen LogP contribution >= 0.6 is 46.0 Å². The van der Waals surface area contributed by atoms with E-state index in [0.29, 0.717) is 11.1 Å². The normalized spacial score (nSPS) is 11.1. The summed E-state index contributed by atoms with van der Waals surface area (Å²) in [6.07, 6.45) is 0. The molecule has 0 aliphatic carbocycles. The number of halogens is 2. The third kappa shape index (κ3) is 3.75. The molecule has 0 unspecified atom stereocenters. The maximum absolute atomic E-state index is 6.07. The molecule has 0 atom stereocenters.